The zero-order valence-corrected chi connectivity index (χ0v) is 12.7. The number of amides is 1. The number of hydrogen-bond donors (Lipinski definition) is 3. The van der Waals surface area contributed by atoms with E-state index in [2.05, 4.69) is 15.6 Å². The number of piperidine rings is 1. The Bertz CT molecular complexity index is 697. The van der Waals surface area contributed by atoms with Crippen molar-refractivity contribution >= 4 is 16.8 Å². The second kappa shape index (κ2) is 5.32. The van der Waals surface area contributed by atoms with Crippen LogP contribution >= 0.6 is 0 Å². The van der Waals surface area contributed by atoms with E-state index >= 15 is 0 Å². The molecule has 1 amide bonds. The van der Waals surface area contributed by atoms with Crippen LogP contribution in [0.15, 0.2) is 24.4 Å². The first kappa shape index (κ1) is 13.6. The Morgan fingerprint density at radius 3 is 2.77 bits per heavy atom. The van der Waals surface area contributed by atoms with Crippen molar-refractivity contribution in [3.63, 3.8) is 0 Å². The van der Waals surface area contributed by atoms with E-state index in [0.717, 1.165) is 29.5 Å². The van der Waals surface area contributed by atoms with Crippen molar-refractivity contribution in [2.24, 2.45) is 0 Å². The normalized spacial score (nSPS) is 27.0. The van der Waals surface area contributed by atoms with Crippen LogP contribution in [0.2, 0.25) is 0 Å². The molecule has 0 aliphatic carbocycles. The maximum atomic E-state index is 12.6. The number of fused-ring (bicyclic) bond motifs is 3. The molecule has 5 heteroatoms. The number of rotatable bonds is 3. The van der Waals surface area contributed by atoms with Crippen LogP contribution in [0.25, 0.3) is 10.9 Å². The van der Waals surface area contributed by atoms with Gasteiger partial charge in [0, 0.05) is 35.2 Å². The third-order valence-electron chi connectivity index (χ3n) is 4.94. The van der Waals surface area contributed by atoms with Crippen LogP contribution in [0, 0.1) is 0 Å². The summed E-state index contributed by atoms with van der Waals surface area (Å²) >= 11 is 0. The summed E-state index contributed by atoms with van der Waals surface area (Å²) in [5.74, 6) is 0.770. The average molecular weight is 299 g/mol. The van der Waals surface area contributed by atoms with Gasteiger partial charge in [0.05, 0.1) is 12.7 Å². The third-order valence-corrected chi connectivity index (χ3v) is 4.94. The van der Waals surface area contributed by atoms with Crippen LogP contribution in [-0.4, -0.2) is 36.1 Å². The number of hydrogen-bond acceptors (Lipinski definition) is 3. The Labute approximate surface area is 129 Å². The van der Waals surface area contributed by atoms with Crippen molar-refractivity contribution in [1.82, 2.24) is 15.6 Å². The van der Waals surface area contributed by atoms with Gasteiger partial charge in [-0.3, -0.25) is 4.79 Å². The molecule has 2 bridgehead atoms. The van der Waals surface area contributed by atoms with Crippen LogP contribution < -0.4 is 15.4 Å². The Kier molecular flexibility index (Phi) is 3.30. The van der Waals surface area contributed by atoms with Crippen LogP contribution in [0.3, 0.4) is 0 Å². The highest BCUT2D eigenvalue weighted by Crippen LogP contribution is 2.28. The molecule has 1 unspecified atom stereocenters. The third kappa shape index (κ3) is 2.35. The molecule has 0 radical (unpaired) electrons. The first-order chi connectivity index (χ1) is 10.7. The van der Waals surface area contributed by atoms with Crippen molar-refractivity contribution in [3.05, 3.63) is 30.0 Å². The topological polar surface area (TPSA) is 66.2 Å². The quantitative estimate of drug-likeness (QED) is 0.814. The molecule has 0 saturated carbocycles. The Hall–Kier alpha value is -2.01. The summed E-state index contributed by atoms with van der Waals surface area (Å²) < 4.78 is 5.26. The van der Waals surface area contributed by atoms with Gasteiger partial charge in [-0.25, -0.2) is 0 Å². The molecule has 3 N–H and O–H groups in total. The summed E-state index contributed by atoms with van der Waals surface area (Å²) in [7, 11) is 1.64. The van der Waals surface area contributed by atoms with Crippen LogP contribution in [-0.2, 0) is 0 Å². The van der Waals surface area contributed by atoms with Crippen LogP contribution in [0.5, 0.6) is 5.75 Å². The van der Waals surface area contributed by atoms with Crippen molar-refractivity contribution in [3.8, 4) is 5.75 Å². The molecule has 22 heavy (non-hydrogen) atoms. The molecule has 0 spiro atoms. The first-order valence-electron chi connectivity index (χ1n) is 7.95. The highest BCUT2D eigenvalue weighted by molar-refractivity contribution is 6.07. The van der Waals surface area contributed by atoms with Gasteiger partial charge in [0.2, 0.25) is 0 Å². The SMILES string of the molecule is COc1ccc2[nH]cc(C(=O)NC3C[C@H]4CC[C@@H](C3)N4)c2c1. The molecule has 1 aromatic heterocycles. The molecule has 2 aliphatic rings. The zero-order valence-electron chi connectivity index (χ0n) is 12.7. The van der Waals surface area contributed by atoms with E-state index in [9.17, 15) is 4.79 Å². The van der Waals surface area contributed by atoms with Gasteiger partial charge in [-0.05, 0) is 43.9 Å². The lowest BCUT2D eigenvalue weighted by Crippen LogP contribution is -2.48. The van der Waals surface area contributed by atoms with Crippen molar-refractivity contribution in [2.45, 2.75) is 43.8 Å². The molecule has 2 aromatic rings. The van der Waals surface area contributed by atoms with E-state index in [1.165, 1.54) is 12.8 Å². The lowest BCUT2D eigenvalue weighted by Gasteiger charge is -2.29. The predicted molar refractivity (Wildman–Crippen MR) is 85.3 cm³/mol. The number of benzene rings is 1. The number of aromatic nitrogens is 1. The summed E-state index contributed by atoms with van der Waals surface area (Å²) in [5.41, 5.74) is 1.65. The summed E-state index contributed by atoms with van der Waals surface area (Å²) in [4.78, 5) is 15.8. The standard InChI is InChI=1S/C17H21N3O2/c1-22-13-4-5-16-14(8-13)15(9-18-16)17(21)20-12-6-10-2-3-11(7-12)19-10/h4-5,8-12,18-19H,2-3,6-7H2,1H3,(H,20,21)/t10-,11+,12?. The molecule has 4 rings (SSSR count). The number of carbonyl (C=O) groups is 1. The number of nitrogens with one attached hydrogen (secondary N) is 3. The first-order valence-corrected chi connectivity index (χ1v) is 7.95. The van der Waals surface area contributed by atoms with Crippen LogP contribution in [0.4, 0.5) is 0 Å². The number of aromatic amines is 1. The Morgan fingerprint density at radius 1 is 1.27 bits per heavy atom. The fourth-order valence-electron chi connectivity index (χ4n) is 3.85. The molecular weight excluding hydrogens is 278 g/mol. The summed E-state index contributed by atoms with van der Waals surface area (Å²) in [6.07, 6.45) is 6.33. The molecule has 2 saturated heterocycles. The highest BCUT2D eigenvalue weighted by Gasteiger charge is 2.34. The van der Waals surface area contributed by atoms with Gasteiger partial charge in [-0.2, -0.15) is 0 Å². The molecule has 3 heterocycles. The minimum Gasteiger partial charge on any atom is -0.497 e. The molecule has 2 aliphatic heterocycles. The van der Waals surface area contributed by atoms with Gasteiger partial charge < -0.3 is 20.4 Å². The van der Waals surface area contributed by atoms with Gasteiger partial charge in [0.25, 0.3) is 5.91 Å². The molecule has 2 fully saturated rings. The summed E-state index contributed by atoms with van der Waals surface area (Å²) in [5, 5.41) is 7.72. The molecular formula is C17H21N3O2. The van der Waals surface area contributed by atoms with Crippen LogP contribution in [0.1, 0.15) is 36.0 Å². The smallest absolute Gasteiger partial charge is 0.253 e. The van der Waals surface area contributed by atoms with Crippen molar-refractivity contribution in [1.29, 1.82) is 0 Å². The fourth-order valence-corrected chi connectivity index (χ4v) is 3.85. The number of methoxy groups -OCH3 is 1. The lowest BCUT2D eigenvalue weighted by molar-refractivity contribution is 0.0925. The van der Waals surface area contributed by atoms with E-state index in [-0.39, 0.29) is 11.9 Å². The average Bonchev–Trinajstić information content (AvgIpc) is 3.09. The minimum absolute atomic E-state index is 0.00537. The van der Waals surface area contributed by atoms with Gasteiger partial charge >= 0.3 is 0 Å². The molecule has 3 atom stereocenters. The largest absolute Gasteiger partial charge is 0.497 e. The molecule has 116 valence electrons. The summed E-state index contributed by atoms with van der Waals surface area (Å²) in [6.45, 7) is 0. The summed E-state index contributed by atoms with van der Waals surface area (Å²) in [6, 6.07) is 7.18. The van der Waals surface area contributed by atoms with E-state index < -0.39 is 0 Å². The number of ether oxygens (including phenoxy) is 1. The monoisotopic (exact) mass is 299 g/mol. The number of H-pyrrole nitrogens is 1. The second-order valence-electron chi connectivity index (χ2n) is 6.39. The maximum Gasteiger partial charge on any atom is 0.253 e. The van der Waals surface area contributed by atoms with Crippen molar-refractivity contribution < 1.29 is 9.53 Å². The van der Waals surface area contributed by atoms with E-state index in [4.69, 9.17) is 4.74 Å². The molecule has 5 nitrogen and oxygen atoms in total. The lowest BCUT2D eigenvalue weighted by atomic mass is 9.99. The minimum atomic E-state index is 0.00537. The van der Waals surface area contributed by atoms with E-state index in [1.807, 2.05) is 18.2 Å². The number of carbonyl (C=O) groups excluding carboxylic acids is 1. The van der Waals surface area contributed by atoms with Gasteiger partial charge in [-0.1, -0.05) is 0 Å². The second-order valence-corrected chi connectivity index (χ2v) is 6.39. The predicted octanol–water partition coefficient (Wildman–Crippen LogP) is 2.19. The Balaban J connectivity index is 1.55. The van der Waals surface area contributed by atoms with Gasteiger partial charge in [0.1, 0.15) is 5.75 Å². The van der Waals surface area contributed by atoms with Crippen molar-refractivity contribution in [2.75, 3.05) is 7.11 Å². The Morgan fingerprint density at radius 2 is 2.05 bits per heavy atom. The van der Waals surface area contributed by atoms with Gasteiger partial charge in [-0.15, -0.1) is 0 Å². The highest BCUT2D eigenvalue weighted by atomic mass is 16.5. The van der Waals surface area contributed by atoms with E-state index in [0.29, 0.717) is 17.6 Å². The molecule has 1 aromatic carbocycles. The van der Waals surface area contributed by atoms with E-state index in [1.54, 1.807) is 13.3 Å². The fraction of sp³-hybridized carbons (Fsp3) is 0.471. The zero-order chi connectivity index (χ0) is 15.1. The maximum absolute atomic E-state index is 12.6. The van der Waals surface area contributed by atoms with Gasteiger partial charge in [0.15, 0.2) is 0 Å².